The van der Waals surface area contributed by atoms with Crippen molar-refractivity contribution in [3.63, 3.8) is 0 Å². The van der Waals surface area contributed by atoms with Gasteiger partial charge in [0, 0.05) is 0 Å². The van der Waals surface area contributed by atoms with Gasteiger partial charge in [-0.1, -0.05) is 42.5 Å². The van der Waals surface area contributed by atoms with Crippen LogP contribution in [0.2, 0.25) is 0 Å². The highest BCUT2D eigenvalue weighted by Crippen LogP contribution is 2.19. The highest BCUT2D eigenvalue weighted by Gasteiger charge is 2.34. The van der Waals surface area contributed by atoms with Crippen molar-refractivity contribution in [2.75, 3.05) is 13.7 Å². The smallest absolute Gasteiger partial charge is 0.324 e. The fourth-order valence-corrected chi connectivity index (χ4v) is 4.14. The Kier molecular flexibility index (Phi) is 6.58. The standard InChI is InChI=1S/C19H22O5S/c1-3-24-19(20)18(13-15-7-5-4-6-8-15)25(21,22)14-16-9-11-17(23-2)12-10-16/h4-12,18H,3,13-14H2,1-2H3. The van der Waals surface area contributed by atoms with Crippen LogP contribution in [0.5, 0.6) is 5.75 Å². The lowest BCUT2D eigenvalue weighted by Gasteiger charge is -2.17. The fraction of sp³-hybridized carbons (Fsp3) is 0.316. The first-order chi connectivity index (χ1) is 12.0. The van der Waals surface area contributed by atoms with Crippen molar-refractivity contribution in [1.29, 1.82) is 0 Å². The highest BCUT2D eigenvalue weighted by atomic mass is 32.2. The maximum atomic E-state index is 12.8. The van der Waals surface area contributed by atoms with E-state index < -0.39 is 21.1 Å². The molecule has 0 bridgehead atoms. The summed E-state index contributed by atoms with van der Waals surface area (Å²) in [5.74, 6) is -0.292. The molecule has 0 heterocycles. The molecule has 0 fully saturated rings. The van der Waals surface area contributed by atoms with Gasteiger partial charge in [0.2, 0.25) is 0 Å². The minimum absolute atomic E-state index is 0.0954. The third-order valence-corrected chi connectivity index (χ3v) is 5.74. The van der Waals surface area contributed by atoms with Gasteiger partial charge >= 0.3 is 5.97 Å². The van der Waals surface area contributed by atoms with Gasteiger partial charge in [-0.15, -0.1) is 0 Å². The van der Waals surface area contributed by atoms with Gasteiger partial charge in [0.25, 0.3) is 0 Å². The third-order valence-electron chi connectivity index (χ3n) is 3.77. The van der Waals surface area contributed by atoms with Gasteiger partial charge in [-0.3, -0.25) is 4.79 Å². The van der Waals surface area contributed by atoms with E-state index >= 15 is 0 Å². The van der Waals surface area contributed by atoms with Crippen LogP contribution in [-0.4, -0.2) is 33.4 Å². The summed E-state index contributed by atoms with van der Waals surface area (Å²) >= 11 is 0. The van der Waals surface area contributed by atoms with E-state index in [-0.39, 0.29) is 18.8 Å². The van der Waals surface area contributed by atoms with Crippen molar-refractivity contribution in [3.8, 4) is 5.75 Å². The van der Waals surface area contributed by atoms with Crippen LogP contribution in [0.4, 0.5) is 0 Å². The quantitative estimate of drug-likeness (QED) is 0.676. The zero-order valence-corrected chi connectivity index (χ0v) is 15.2. The molecule has 25 heavy (non-hydrogen) atoms. The van der Waals surface area contributed by atoms with Crippen LogP contribution in [-0.2, 0) is 31.5 Å². The molecular weight excluding hydrogens is 340 g/mol. The molecular formula is C19H22O5S. The van der Waals surface area contributed by atoms with Gasteiger partial charge in [-0.2, -0.15) is 0 Å². The van der Waals surface area contributed by atoms with E-state index in [1.807, 2.05) is 18.2 Å². The zero-order chi connectivity index (χ0) is 18.3. The monoisotopic (exact) mass is 362 g/mol. The molecule has 1 atom stereocenters. The summed E-state index contributed by atoms with van der Waals surface area (Å²) in [5, 5.41) is -1.23. The summed E-state index contributed by atoms with van der Waals surface area (Å²) in [6.07, 6.45) is 0.0954. The number of hydrogen-bond acceptors (Lipinski definition) is 5. The lowest BCUT2D eigenvalue weighted by molar-refractivity contribution is -0.142. The van der Waals surface area contributed by atoms with Crippen LogP contribution in [0.3, 0.4) is 0 Å². The molecule has 0 aromatic heterocycles. The predicted octanol–water partition coefficient (Wildman–Crippen LogP) is 2.78. The van der Waals surface area contributed by atoms with Gasteiger partial charge in [-0.25, -0.2) is 8.42 Å². The van der Waals surface area contributed by atoms with Crippen LogP contribution in [0.1, 0.15) is 18.1 Å². The number of benzene rings is 2. The largest absolute Gasteiger partial charge is 0.497 e. The molecule has 2 aromatic carbocycles. The molecule has 0 spiro atoms. The number of sulfone groups is 1. The second-order valence-electron chi connectivity index (χ2n) is 5.59. The van der Waals surface area contributed by atoms with Crippen LogP contribution in [0.25, 0.3) is 0 Å². The van der Waals surface area contributed by atoms with Crippen LogP contribution in [0.15, 0.2) is 54.6 Å². The van der Waals surface area contributed by atoms with Crippen molar-refractivity contribution in [1.82, 2.24) is 0 Å². The minimum Gasteiger partial charge on any atom is -0.497 e. The van der Waals surface area contributed by atoms with Crippen molar-refractivity contribution in [3.05, 3.63) is 65.7 Å². The Morgan fingerprint density at radius 1 is 1.00 bits per heavy atom. The predicted molar refractivity (Wildman–Crippen MR) is 96.2 cm³/mol. The van der Waals surface area contributed by atoms with Crippen molar-refractivity contribution in [2.24, 2.45) is 0 Å². The first-order valence-corrected chi connectivity index (χ1v) is 9.73. The Morgan fingerprint density at radius 3 is 2.20 bits per heavy atom. The molecule has 0 aliphatic heterocycles. The molecule has 6 heteroatoms. The molecule has 0 aliphatic carbocycles. The van der Waals surface area contributed by atoms with E-state index in [0.29, 0.717) is 11.3 Å². The number of carbonyl (C=O) groups excluding carboxylic acids is 1. The van der Waals surface area contributed by atoms with Gasteiger partial charge < -0.3 is 9.47 Å². The van der Waals surface area contributed by atoms with Crippen molar-refractivity contribution < 1.29 is 22.7 Å². The van der Waals surface area contributed by atoms with Crippen molar-refractivity contribution in [2.45, 2.75) is 24.3 Å². The summed E-state index contributed by atoms with van der Waals surface area (Å²) in [5.41, 5.74) is 1.38. The maximum Gasteiger partial charge on any atom is 0.324 e. The average molecular weight is 362 g/mol. The summed E-state index contributed by atoms with van der Waals surface area (Å²) < 4.78 is 35.8. The molecule has 0 saturated carbocycles. The van der Waals surface area contributed by atoms with Gasteiger partial charge in [-0.05, 0) is 36.6 Å². The minimum atomic E-state index is -3.73. The maximum absolute atomic E-state index is 12.8. The number of esters is 1. The molecule has 0 saturated heterocycles. The van der Waals surface area contributed by atoms with E-state index in [1.165, 1.54) is 0 Å². The second kappa shape index (κ2) is 8.67. The number of hydrogen-bond donors (Lipinski definition) is 0. The number of methoxy groups -OCH3 is 1. The van der Waals surface area contributed by atoms with E-state index in [2.05, 4.69) is 0 Å². The van der Waals surface area contributed by atoms with E-state index in [9.17, 15) is 13.2 Å². The Balaban J connectivity index is 2.25. The summed E-state index contributed by atoms with van der Waals surface area (Å²) in [7, 11) is -2.19. The number of carbonyl (C=O) groups is 1. The SMILES string of the molecule is CCOC(=O)C(Cc1ccccc1)S(=O)(=O)Cc1ccc(OC)cc1. The third kappa shape index (κ3) is 5.32. The molecule has 5 nitrogen and oxygen atoms in total. The topological polar surface area (TPSA) is 69.7 Å². The Morgan fingerprint density at radius 2 is 1.64 bits per heavy atom. The first-order valence-electron chi connectivity index (χ1n) is 8.01. The van der Waals surface area contributed by atoms with Gasteiger partial charge in [0.05, 0.1) is 19.5 Å². The van der Waals surface area contributed by atoms with Gasteiger partial charge in [0.1, 0.15) is 5.75 Å². The molecule has 0 radical (unpaired) electrons. The Hall–Kier alpha value is -2.34. The number of rotatable bonds is 8. The molecule has 2 aromatic rings. The second-order valence-corrected chi connectivity index (χ2v) is 7.77. The van der Waals surface area contributed by atoms with Crippen LogP contribution < -0.4 is 4.74 Å². The van der Waals surface area contributed by atoms with E-state index in [0.717, 1.165) is 5.56 Å². The molecule has 0 aliphatic rings. The highest BCUT2D eigenvalue weighted by molar-refractivity contribution is 7.92. The van der Waals surface area contributed by atoms with Crippen LogP contribution in [0, 0.1) is 0 Å². The Labute approximate surface area is 148 Å². The lowest BCUT2D eigenvalue weighted by Crippen LogP contribution is -2.35. The average Bonchev–Trinajstić information content (AvgIpc) is 2.61. The normalized spacial score (nSPS) is 12.4. The zero-order valence-electron chi connectivity index (χ0n) is 14.3. The van der Waals surface area contributed by atoms with E-state index in [1.54, 1.807) is 50.4 Å². The Bertz CT molecular complexity index is 782. The summed E-state index contributed by atoms with van der Waals surface area (Å²) in [6, 6.07) is 15.8. The van der Waals surface area contributed by atoms with Crippen LogP contribution >= 0.6 is 0 Å². The summed E-state index contributed by atoms with van der Waals surface area (Å²) in [4.78, 5) is 12.3. The molecule has 134 valence electrons. The van der Waals surface area contributed by atoms with Crippen molar-refractivity contribution >= 4 is 15.8 Å². The molecule has 0 N–H and O–H groups in total. The first kappa shape index (κ1) is 19.0. The molecule has 0 amide bonds. The fourth-order valence-electron chi connectivity index (χ4n) is 2.47. The number of ether oxygens (including phenoxy) is 2. The molecule has 2 rings (SSSR count). The molecule has 1 unspecified atom stereocenters. The lowest BCUT2D eigenvalue weighted by atomic mass is 10.1. The summed E-state index contributed by atoms with van der Waals surface area (Å²) in [6.45, 7) is 1.80. The van der Waals surface area contributed by atoms with E-state index in [4.69, 9.17) is 9.47 Å². The van der Waals surface area contributed by atoms with Gasteiger partial charge in [0.15, 0.2) is 15.1 Å².